The van der Waals surface area contributed by atoms with Gasteiger partial charge in [0, 0.05) is 45.0 Å². The maximum absolute atomic E-state index is 4.93. The van der Waals surface area contributed by atoms with Crippen molar-refractivity contribution >= 4 is 11.0 Å². The van der Waals surface area contributed by atoms with Gasteiger partial charge in [0.05, 0.1) is 22.4 Å². The van der Waals surface area contributed by atoms with Gasteiger partial charge in [-0.3, -0.25) is 14.9 Å². The number of hydrogen-bond donors (Lipinski definition) is 0. The molecule has 4 aromatic rings. The van der Waals surface area contributed by atoms with Gasteiger partial charge < -0.3 is 4.57 Å². The highest BCUT2D eigenvalue weighted by molar-refractivity contribution is 5.77. The molecule has 5 rings (SSSR count). The van der Waals surface area contributed by atoms with E-state index in [0.29, 0.717) is 0 Å². The molecular formula is C25H27N5. The molecule has 1 aliphatic heterocycles. The zero-order chi connectivity index (χ0) is 20.3. The molecule has 0 N–H and O–H groups in total. The molecule has 2 aromatic carbocycles. The normalized spacial score (nSPS) is 14.2. The Bertz CT molecular complexity index is 1140. The molecule has 0 bridgehead atoms. The number of imidazole rings is 1. The number of hydrogen-bond acceptors (Lipinski definition) is 4. The van der Waals surface area contributed by atoms with Crippen LogP contribution in [0.3, 0.4) is 0 Å². The van der Waals surface area contributed by atoms with Crippen molar-refractivity contribution < 1.29 is 0 Å². The van der Waals surface area contributed by atoms with Crippen molar-refractivity contribution in [1.29, 1.82) is 0 Å². The van der Waals surface area contributed by atoms with Gasteiger partial charge in [0.15, 0.2) is 0 Å². The largest absolute Gasteiger partial charge is 0.329 e. The van der Waals surface area contributed by atoms with E-state index in [1.807, 2.05) is 6.07 Å². The van der Waals surface area contributed by atoms with Gasteiger partial charge in [-0.05, 0) is 37.0 Å². The third-order valence-electron chi connectivity index (χ3n) is 6.05. The van der Waals surface area contributed by atoms with Crippen LogP contribution in [0.15, 0.2) is 60.9 Å². The summed E-state index contributed by atoms with van der Waals surface area (Å²) in [7, 11) is 0. The maximum Gasteiger partial charge on any atom is 0.109 e. The van der Waals surface area contributed by atoms with Crippen LogP contribution in [0.2, 0.25) is 0 Å². The first-order valence-corrected chi connectivity index (χ1v) is 10.8. The minimum Gasteiger partial charge on any atom is -0.329 e. The summed E-state index contributed by atoms with van der Waals surface area (Å²) in [6.45, 7) is 6.02. The number of aryl methyl sites for hydroxylation is 3. The second kappa shape index (κ2) is 8.36. The SMILES string of the molecule is Cc1nc(CCCc2ccccc2)n2c1CN(Cc1cccc3nccnc13)CC2. The molecule has 5 heteroatoms. The van der Waals surface area contributed by atoms with Crippen molar-refractivity contribution in [1.82, 2.24) is 24.4 Å². The number of aromatic nitrogens is 4. The Labute approximate surface area is 177 Å². The van der Waals surface area contributed by atoms with E-state index in [2.05, 4.69) is 68.8 Å². The Kier molecular flexibility index (Phi) is 5.28. The van der Waals surface area contributed by atoms with E-state index in [1.165, 1.54) is 28.3 Å². The summed E-state index contributed by atoms with van der Waals surface area (Å²) < 4.78 is 2.46. The second-order valence-electron chi connectivity index (χ2n) is 8.10. The molecule has 0 radical (unpaired) electrons. The van der Waals surface area contributed by atoms with E-state index < -0.39 is 0 Å². The van der Waals surface area contributed by atoms with Crippen molar-refractivity contribution in [3.63, 3.8) is 0 Å². The van der Waals surface area contributed by atoms with Crippen molar-refractivity contribution in [2.24, 2.45) is 0 Å². The summed E-state index contributed by atoms with van der Waals surface area (Å²) in [4.78, 5) is 16.4. The van der Waals surface area contributed by atoms with Gasteiger partial charge in [-0.1, -0.05) is 42.5 Å². The van der Waals surface area contributed by atoms with E-state index in [1.54, 1.807) is 12.4 Å². The van der Waals surface area contributed by atoms with Crippen LogP contribution >= 0.6 is 0 Å². The van der Waals surface area contributed by atoms with Crippen LogP contribution in [0.1, 0.15) is 34.8 Å². The molecule has 0 aliphatic carbocycles. The fourth-order valence-electron chi connectivity index (χ4n) is 4.51. The topological polar surface area (TPSA) is 46.8 Å². The van der Waals surface area contributed by atoms with Crippen molar-refractivity contribution in [3.05, 3.63) is 89.3 Å². The molecule has 152 valence electrons. The first kappa shape index (κ1) is 18.9. The van der Waals surface area contributed by atoms with Gasteiger partial charge in [-0.2, -0.15) is 0 Å². The molecule has 0 fully saturated rings. The van der Waals surface area contributed by atoms with Gasteiger partial charge in [0.25, 0.3) is 0 Å². The number of nitrogens with zero attached hydrogens (tertiary/aromatic N) is 5. The van der Waals surface area contributed by atoms with Crippen LogP contribution in [-0.4, -0.2) is 31.0 Å². The van der Waals surface area contributed by atoms with Crippen LogP contribution in [0.5, 0.6) is 0 Å². The molecule has 0 saturated carbocycles. The molecule has 30 heavy (non-hydrogen) atoms. The molecule has 0 atom stereocenters. The monoisotopic (exact) mass is 397 g/mol. The third kappa shape index (κ3) is 3.85. The minimum absolute atomic E-state index is 0.893. The van der Waals surface area contributed by atoms with Crippen molar-refractivity contribution in [2.75, 3.05) is 6.54 Å². The molecule has 0 saturated heterocycles. The number of fused-ring (bicyclic) bond motifs is 2. The summed E-state index contributed by atoms with van der Waals surface area (Å²) >= 11 is 0. The van der Waals surface area contributed by atoms with Crippen LogP contribution < -0.4 is 0 Å². The van der Waals surface area contributed by atoms with Gasteiger partial charge >= 0.3 is 0 Å². The quantitative estimate of drug-likeness (QED) is 0.486. The van der Waals surface area contributed by atoms with Crippen LogP contribution in [-0.2, 0) is 32.5 Å². The third-order valence-corrected chi connectivity index (χ3v) is 6.05. The lowest BCUT2D eigenvalue weighted by Gasteiger charge is -2.29. The van der Waals surface area contributed by atoms with E-state index in [4.69, 9.17) is 4.98 Å². The van der Waals surface area contributed by atoms with E-state index in [0.717, 1.165) is 56.5 Å². The van der Waals surface area contributed by atoms with Gasteiger partial charge in [-0.25, -0.2) is 4.98 Å². The van der Waals surface area contributed by atoms with Crippen LogP contribution in [0, 0.1) is 6.92 Å². The maximum atomic E-state index is 4.93. The lowest BCUT2D eigenvalue weighted by molar-refractivity contribution is 0.211. The van der Waals surface area contributed by atoms with Crippen LogP contribution in [0.25, 0.3) is 11.0 Å². The van der Waals surface area contributed by atoms with Gasteiger partial charge in [0.2, 0.25) is 0 Å². The fourth-order valence-corrected chi connectivity index (χ4v) is 4.51. The lowest BCUT2D eigenvalue weighted by atomic mass is 10.1. The standard InChI is InChI=1S/C25H27N5/c1-19-23-18-29(17-21-10-6-11-22-25(21)27-14-13-26-22)15-16-30(23)24(28-19)12-5-9-20-7-3-2-4-8-20/h2-4,6-8,10-11,13-14H,5,9,12,15-18H2,1H3. The molecule has 3 heterocycles. The highest BCUT2D eigenvalue weighted by Crippen LogP contribution is 2.23. The first-order valence-electron chi connectivity index (χ1n) is 10.8. The van der Waals surface area contributed by atoms with Crippen molar-refractivity contribution in [2.45, 2.75) is 45.8 Å². The Morgan fingerprint density at radius 2 is 1.77 bits per heavy atom. The Balaban J connectivity index is 1.28. The fraction of sp³-hybridized carbons (Fsp3) is 0.320. The Hall–Kier alpha value is -3.05. The molecule has 0 amide bonds. The number of benzene rings is 2. The van der Waals surface area contributed by atoms with E-state index in [-0.39, 0.29) is 0 Å². The van der Waals surface area contributed by atoms with E-state index >= 15 is 0 Å². The summed E-state index contributed by atoms with van der Waals surface area (Å²) in [5, 5.41) is 0. The number of rotatable bonds is 6. The van der Waals surface area contributed by atoms with E-state index in [9.17, 15) is 0 Å². The zero-order valence-electron chi connectivity index (χ0n) is 17.5. The predicted molar refractivity (Wildman–Crippen MR) is 119 cm³/mol. The Morgan fingerprint density at radius 1 is 0.900 bits per heavy atom. The second-order valence-corrected chi connectivity index (χ2v) is 8.10. The van der Waals surface area contributed by atoms with Crippen LogP contribution in [0.4, 0.5) is 0 Å². The minimum atomic E-state index is 0.893. The highest BCUT2D eigenvalue weighted by Gasteiger charge is 2.22. The zero-order valence-corrected chi connectivity index (χ0v) is 17.5. The molecule has 1 aliphatic rings. The highest BCUT2D eigenvalue weighted by atomic mass is 15.2. The van der Waals surface area contributed by atoms with Gasteiger partial charge in [0.1, 0.15) is 5.82 Å². The molecule has 0 unspecified atom stereocenters. The molecule has 2 aromatic heterocycles. The predicted octanol–water partition coefficient (Wildman–Crippen LogP) is 4.33. The summed E-state index contributed by atoms with van der Waals surface area (Å²) in [5.41, 5.74) is 7.17. The average Bonchev–Trinajstić information content (AvgIpc) is 3.10. The summed E-state index contributed by atoms with van der Waals surface area (Å²) in [6.07, 6.45) is 6.82. The molecule has 5 nitrogen and oxygen atoms in total. The lowest BCUT2D eigenvalue weighted by Crippen LogP contribution is -2.34. The van der Waals surface area contributed by atoms with Crippen molar-refractivity contribution in [3.8, 4) is 0 Å². The first-order chi connectivity index (χ1) is 14.8. The summed E-state index contributed by atoms with van der Waals surface area (Å²) in [6, 6.07) is 17.0. The van der Waals surface area contributed by atoms with Gasteiger partial charge in [-0.15, -0.1) is 0 Å². The Morgan fingerprint density at radius 3 is 2.67 bits per heavy atom. The smallest absolute Gasteiger partial charge is 0.109 e. The average molecular weight is 398 g/mol. The summed E-state index contributed by atoms with van der Waals surface area (Å²) in [5.74, 6) is 1.24. The molecule has 0 spiro atoms. The molecular weight excluding hydrogens is 370 g/mol. The number of para-hydroxylation sites is 1.